The number of anilines is 1. The molecule has 2 rings (SSSR count). The van der Waals surface area contributed by atoms with Gasteiger partial charge in [0.2, 0.25) is 0 Å². The second-order valence-corrected chi connectivity index (χ2v) is 5.13. The number of rotatable bonds is 5. The highest BCUT2D eigenvalue weighted by atomic mass is 35.5. The molecule has 4 heteroatoms. The van der Waals surface area contributed by atoms with Crippen LogP contribution in [0.15, 0.2) is 42.5 Å². The van der Waals surface area contributed by atoms with Gasteiger partial charge in [-0.15, -0.1) is 0 Å². The SMILES string of the molecule is CNCc1cccc(Cl)c1N(C)Cc1ccccc1F. The van der Waals surface area contributed by atoms with E-state index in [0.717, 1.165) is 17.8 Å². The van der Waals surface area contributed by atoms with Gasteiger partial charge in [0.25, 0.3) is 0 Å². The summed E-state index contributed by atoms with van der Waals surface area (Å²) in [6.45, 7) is 1.20. The average Bonchev–Trinajstić information content (AvgIpc) is 2.42. The molecule has 0 saturated carbocycles. The topological polar surface area (TPSA) is 15.3 Å². The summed E-state index contributed by atoms with van der Waals surface area (Å²) in [5.74, 6) is -0.193. The zero-order valence-corrected chi connectivity index (χ0v) is 12.4. The van der Waals surface area contributed by atoms with Crippen LogP contribution >= 0.6 is 11.6 Å². The second-order valence-electron chi connectivity index (χ2n) is 4.73. The molecule has 0 unspecified atom stereocenters. The first kappa shape index (κ1) is 14.8. The van der Waals surface area contributed by atoms with Crippen molar-refractivity contribution in [1.29, 1.82) is 0 Å². The maximum Gasteiger partial charge on any atom is 0.128 e. The number of para-hydroxylation sites is 1. The van der Waals surface area contributed by atoms with Crippen LogP contribution in [0.3, 0.4) is 0 Å². The Morgan fingerprint density at radius 1 is 1.10 bits per heavy atom. The zero-order chi connectivity index (χ0) is 14.5. The van der Waals surface area contributed by atoms with Crippen molar-refractivity contribution in [2.45, 2.75) is 13.1 Å². The minimum atomic E-state index is -0.193. The Bertz CT molecular complexity index is 586. The van der Waals surface area contributed by atoms with Crippen LogP contribution in [0, 0.1) is 5.82 Å². The van der Waals surface area contributed by atoms with E-state index in [1.54, 1.807) is 12.1 Å². The van der Waals surface area contributed by atoms with Gasteiger partial charge < -0.3 is 10.2 Å². The summed E-state index contributed by atoms with van der Waals surface area (Å²) in [5, 5.41) is 3.80. The summed E-state index contributed by atoms with van der Waals surface area (Å²) in [6.07, 6.45) is 0. The third kappa shape index (κ3) is 3.30. The van der Waals surface area contributed by atoms with Crippen molar-refractivity contribution in [3.8, 4) is 0 Å². The van der Waals surface area contributed by atoms with Crippen LogP contribution in [0.4, 0.5) is 10.1 Å². The molecular weight excluding hydrogens is 275 g/mol. The minimum Gasteiger partial charge on any atom is -0.369 e. The van der Waals surface area contributed by atoms with Gasteiger partial charge in [0.05, 0.1) is 10.7 Å². The molecule has 20 heavy (non-hydrogen) atoms. The van der Waals surface area contributed by atoms with E-state index in [4.69, 9.17) is 11.6 Å². The Kier molecular flexibility index (Phi) is 4.99. The number of halogens is 2. The first-order valence-corrected chi connectivity index (χ1v) is 6.88. The Hall–Kier alpha value is -1.58. The number of nitrogens with zero attached hydrogens (tertiary/aromatic N) is 1. The molecule has 0 radical (unpaired) electrons. The highest BCUT2D eigenvalue weighted by Gasteiger charge is 2.13. The zero-order valence-electron chi connectivity index (χ0n) is 11.7. The molecule has 0 aromatic heterocycles. The molecule has 0 fully saturated rings. The summed E-state index contributed by atoms with van der Waals surface area (Å²) in [6, 6.07) is 12.6. The molecule has 0 aliphatic heterocycles. The predicted molar refractivity (Wildman–Crippen MR) is 82.7 cm³/mol. The monoisotopic (exact) mass is 292 g/mol. The van der Waals surface area contributed by atoms with Gasteiger partial charge in [0, 0.05) is 25.7 Å². The normalized spacial score (nSPS) is 10.6. The first-order valence-electron chi connectivity index (χ1n) is 6.50. The minimum absolute atomic E-state index is 0.193. The standard InChI is InChI=1S/C16H18ClFN2/c1-19-10-12-7-5-8-14(17)16(12)20(2)11-13-6-3-4-9-15(13)18/h3-9,19H,10-11H2,1-2H3. The van der Waals surface area contributed by atoms with Crippen molar-refractivity contribution in [1.82, 2.24) is 5.32 Å². The molecule has 2 aromatic carbocycles. The summed E-state index contributed by atoms with van der Waals surface area (Å²) in [5.41, 5.74) is 2.69. The van der Waals surface area contributed by atoms with Crippen LogP contribution < -0.4 is 10.2 Å². The number of benzene rings is 2. The number of nitrogens with one attached hydrogen (secondary N) is 1. The van der Waals surface area contributed by atoms with Crippen LogP contribution in [0.2, 0.25) is 5.02 Å². The lowest BCUT2D eigenvalue weighted by molar-refractivity contribution is 0.607. The molecule has 0 aliphatic rings. The molecule has 0 spiro atoms. The van der Waals surface area contributed by atoms with Gasteiger partial charge in [-0.2, -0.15) is 0 Å². The van der Waals surface area contributed by atoms with Crippen LogP contribution in [0.25, 0.3) is 0 Å². The van der Waals surface area contributed by atoms with E-state index < -0.39 is 0 Å². The molecule has 0 saturated heterocycles. The van der Waals surface area contributed by atoms with E-state index >= 15 is 0 Å². The van der Waals surface area contributed by atoms with Gasteiger partial charge in [0.15, 0.2) is 0 Å². The largest absolute Gasteiger partial charge is 0.369 e. The van der Waals surface area contributed by atoms with E-state index in [1.165, 1.54) is 6.07 Å². The lowest BCUT2D eigenvalue weighted by Crippen LogP contribution is -2.20. The average molecular weight is 293 g/mol. The smallest absolute Gasteiger partial charge is 0.128 e. The second kappa shape index (κ2) is 6.73. The maximum absolute atomic E-state index is 13.7. The molecule has 0 amide bonds. The number of hydrogen-bond donors (Lipinski definition) is 1. The molecule has 106 valence electrons. The molecule has 0 aliphatic carbocycles. The van der Waals surface area contributed by atoms with Gasteiger partial charge in [-0.05, 0) is 24.7 Å². The molecule has 2 aromatic rings. The van der Waals surface area contributed by atoms with E-state index in [2.05, 4.69) is 5.32 Å². The molecule has 0 heterocycles. The summed E-state index contributed by atoms with van der Waals surface area (Å²) >= 11 is 6.30. The van der Waals surface area contributed by atoms with Crippen molar-refractivity contribution in [3.63, 3.8) is 0 Å². The van der Waals surface area contributed by atoms with Crippen molar-refractivity contribution in [3.05, 3.63) is 64.4 Å². The predicted octanol–water partition coefficient (Wildman–Crippen LogP) is 3.83. The van der Waals surface area contributed by atoms with Crippen molar-refractivity contribution < 1.29 is 4.39 Å². The van der Waals surface area contributed by atoms with E-state index in [-0.39, 0.29) is 5.82 Å². The number of hydrogen-bond acceptors (Lipinski definition) is 2. The van der Waals surface area contributed by atoms with Gasteiger partial charge in [-0.1, -0.05) is 41.9 Å². The molecule has 0 atom stereocenters. The Balaban J connectivity index is 2.29. The fourth-order valence-electron chi connectivity index (χ4n) is 2.28. The highest BCUT2D eigenvalue weighted by molar-refractivity contribution is 6.33. The Morgan fingerprint density at radius 3 is 2.50 bits per heavy atom. The van der Waals surface area contributed by atoms with Gasteiger partial charge in [-0.3, -0.25) is 0 Å². The van der Waals surface area contributed by atoms with Crippen LogP contribution in [0.5, 0.6) is 0 Å². The lowest BCUT2D eigenvalue weighted by Gasteiger charge is -2.24. The molecular formula is C16H18ClFN2. The first-order chi connectivity index (χ1) is 9.63. The molecule has 0 bridgehead atoms. The van der Waals surface area contributed by atoms with Crippen molar-refractivity contribution in [2.24, 2.45) is 0 Å². The van der Waals surface area contributed by atoms with Crippen molar-refractivity contribution >= 4 is 17.3 Å². The lowest BCUT2D eigenvalue weighted by atomic mass is 10.1. The fraction of sp³-hybridized carbons (Fsp3) is 0.250. The van der Waals surface area contributed by atoms with E-state index in [0.29, 0.717) is 17.1 Å². The maximum atomic E-state index is 13.7. The van der Waals surface area contributed by atoms with Gasteiger partial charge in [0.1, 0.15) is 5.82 Å². The third-order valence-electron chi connectivity index (χ3n) is 3.18. The van der Waals surface area contributed by atoms with Crippen molar-refractivity contribution in [2.75, 3.05) is 19.0 Å². The quantitative estimate of drug-likeness (QED) is 0.901. The summed E-state index contributed by atoms with van der Waals surface area (Å²) in [4.78, 5) is 1.98. The van der Waals surface area contributed by atoms with E-state index in [9.17, 15) is 4.39 Å². The summed E-state index contributed by atoms with van der Waals surface area (Å²) in [7, 11) is 3.81. The Morgan fingerprint density at radius 2 is 1.80 bits per heavy atom. The van der Waals surface area contributed by atoms with Crippen LogP contribution in [-0.4, -0.2) is 14.1 Å². The van der Waals surface area contributed by atoms with Gasteiger partial charge in [-0.25, -0.2) is 4.39 Å². The van der Waals surface area contributed by atoms with Crippen LogP contribution in [-0.2, 0) is 13.1 Å². The Labute approximate surface area is 124 Å². The van der Waals surface area contributed by atoms with E-state index in [1.807, 2.05) is 43.3 Å². The van der Waals surface area contributed by atoms with Crippen LogP contribution in [0.1, 0.15) is 11.1 Å². The van der Waals surface area contributed by atoms with Gasteiger partial charge >= 0.3 is 0 Å². The fourth-order valence-corrected chi connectivity index (χ4v) is 2.62. The molecule has 2 nitrogen and oxygen atoms in total. The third-order valence-corrected chi connectivity index (χ3v) is 3.49. The molecule has 1 N–H and O–H groups in total. The highest BCUT2D eigenvalue weighted by Crippen LogP contribution is 2.30. The summed E-state index contributed by atoms with van der Waals surface area (Å²) < 4.78 is 13.7.